The topological polar surface area (TPSA) is 56.5 Å². The van der Waals surface area contributed by atoms with Crippen molar-refractivity contribution in [3.05, 3.63) is 24.2 Å². The summed E-state index contributed by atoms with van der Waals surface area (Å²) in [7, 11) is -2.18. The fourth-order valence-corrected chi connectivity index (χ4v) is 6.44. The van der Waals surface area contributed by atoms with Crippen LogP contribution in [0.5, 0.6) is 0 Å². The van der Waals surface area contributed by atoms with Gasteiger partial charge >= 0.3 is 0 Å². The molecule has 0 aliphatic heterocycles. The molecule has 0 saturated heterocycles. The molecule has 2 rings (SSSR count). The van der Waals surface area contributed by atoms with E-state index in [1.807, 2.05) is 19.9 Å². The van der Waals surface area contributed by atoms with Crippen LogP contribution in [0.25, 0.3) is 0 Å². The molecule has 4 nitrogen and oxygen atoms in total. The Hall–Kier alpha value is -0.853. The number of rotatable bonds is 6. The van der Waals surface area contributed by atoms with Crippen LogP contribution in [0.15, 0.2) is 23.0 Å². The highest BCUT2D eigenvalue weighted by atomic mass is 32.2. The van der Waals surface area contributed by atoms with Gasteiger partial charge in [0.1, 0.15) is 5.78 Å². The lowest BCUT2D eigenvalue weighted by atomic mass is 9.68. The molecule has 0 radical (unpaired) electrons. The summed E-state index contributed by atoms with van der Waals surface area (Å²) >= 11 is 1.38. The second-order valence-electron chi connectivity index (χ2n) is 11.5. The lowest BCUT2D eigenvalue weighted by molar-refractivity contribution is -0.135. The quantitative estimate of drug-likeness (QED) is 0.434. The number of carbonyl (C=O) groups excluding carboxylic acids is 2. The van der Waals surface area contributed by atoms with Gasteiger partial charge in [0, 0.05) is 22.6 Å². The molecule has 0 spiro atoms. The maximum absolute atomic E-state index is 13.4. The number of Topliss-reactive ketones (excluding diaryl/α,β-unsaturated/α-hetero) is 1. The molecule has 1 aliphatic rings. The van der Waals surface area contributed by atoms with Crippen molar-refractivity contribution in [2.45, 2.75) is 97.2 Å². The lowest BCUT2D eigenvalue weighted by Gasteiger charge is -2.46. The highest BCUT2D eigenvalue weighted by molar-refractivity contribution is 8.14. The third-order valence-electron chi connectivity index (χ3n) is 7.04. The minimum atomic E-state index is -2.18. The Morgan fingerprint density at radius 2 is 1.87 bits per heavy atom. The van der Waals surface area contributed by atoms with Crippen LogP contribution < -0.4 is 0 Å². The molecule has 0 unspecified atom stereocenters. The van der Waals surface area contributed by atoms with Crippen molar-refractivity contribution in [3.8, 4) is 0 Å². The minimum Gasteiger partial charge on any atom is -0.472 e. The van der Waals surface area contributed by atoms with Crippen molar-refractivity contribution < 1.29 is 18.4 Å². The van der Waals surface area contributed by atoms with Crippen LogP contribution in [0.2, 0.25) is 18.1 Å². The first-order chi connectivity index (χ1) is 13.5. The molecular formula is C24H40O4SSi. The summed E-state index contributed by atoms with van der Waals surface area (Å²) in [6.07, 6.45) is 4.14. The smallest absolute Gasteiger partial charge is 0.192 e. The monoisotopic (exact) mass is 452 g/mol. The second-order valence-corrected chi connectivity index (χ2v) is 18.1. The Bertz CT molecular complexity index is 757. The average molecular weight is 453 g/mol. The van der Waals surface area contributed by atoms with Gasteiger partial charge in [0.15, 0.2) is 13.4 Å². The van der Waals surface area contributed by atoms with E-state index in [1.165, 1.54) is 11.8 Å². The van der Waals surface area contributed by atoms with Gasteiger partial charge in [0.25, 0.3) is 0 Å². The SMILES string of the molecule is C[C@H](C(=O)SC(C)(C)C)[C@@H]1CCC(=O)[C@@]1(C)[C@H](O[Si](C)(C)C(C)(C)C)c1ccoc1. The van der Waals surface area contributed by atoms with E-state index in [-0.39, 0.29) is 32.5 Å². The first-order valence-electron chi connectivity index (χ1n) is 11.0. The van der Waals surface area contributed by atoms with Crippen molar-refractivity contribution in [2.75, 3.05) is 0 Å². The molecule has 30 heavy (non-hydrogen) atoms. The average Bonchev–Trinajstić information content (AvgIpc) is 3.19. The zero-order chi connectivity index (χ0) is 23.1. The van der Waals surface area contributed by atoms with Gasteiger partial charge in [0.05, 0.1) is 24.0 Å². The molecule has 6 heteroatoms. The van der Waals surface area contributed by atoms with Crippen molar-refractivity contribution in [1.29, 1.82) is 0 Å². The number of thioether (sulfide) groups is 1. The van der Waals surface area contributed by atoms with Crippen LogP contribution in [-0.4, -0.2) is 24.0 Å². The first kappa shape index (κ1) is 25.4. The van der Waals surface area contributed by atoms with Crippen molar-refractivity contribution in [1.82, 2.24) is 0 Å². The summed E-state index contributed by atoms with van der Waals surface area (Å²) in [5, 5.41) is 0.165. The summed E-state index contributed by atoms with van der Waals surface area (Å²) in [6.45, 7) is 21.2. The standard InChI is InChI=1S/C24H40O4SSi/c1-16(21(26)29-22(2,3)4)18-11-12-19(25)24(18,8)20(17-13-14-27-15-17)28-30(9,10)23(5,6)7/h13-16,18,20H,11-12H2,1-10H3/t16-,18-,20+,24-/m0/s1. The Morgan fingerprint density at radius 3 is 2.33 bits per heavy atom. The molecular weight excluding hydrogens is 412 g/mol. The third kappa shape index (κ3) is 5.13. The third-order valence-corrected chi connectivity index (χ3v) is 12.7. The molecule has 4 atom stereocenters. The number of furan rings is 1. The van der Waals surface area contributed by atoms with Gasteiger partial charge < -0.3 is 8.84 Å². The highest BCUT2D eigenvalue weighted by Gasteiger charge is 2.57. The van der Waals surface area contributed by atoms with Gasteiger partial charge in [-0.3, -0.25) is 9.59 Å². The molecule has 1 aliphatic carbocycles. The van der Waals surface area contributed by atoms with Crippen molar-refractivity contribution in [3.63, 3.8) is 0 Å². The number of hydrogen-bond acceptors (Lipinski definition) is 5. The Kier molecular flexibility index (Phi) is 7.27. The van der Waals surface area contributed by atoms with Crippen LogP contribution in [0, 0.1) is 17.3 Å². The first-order valence-corrected chi connectivity index (χ1v) is 14.7. The largest absolute Gasteiger partial charge is 0.472 e. The Morgan fingerprint density at radius 1 is 1.27 bits per heavy atom. The molecule has 0 N–H and O–H groups in total. The van der Waals surface area contributed by atoms with E-state index in [4.69, 9.17) is 8.84 Å². The maximum atomic E-state index is 13.4. The van der Waals surface area contributed by atoms with Gasteiger partial charge in [-0.1, -0.05) is 60.2 Å². The minimum absolute atomic E-state index is 0.00597. The fraction of sp³-hybridized carbons (Fsp3) is 0.750. The zero-order valence-corrected chi connectivity index (χ0v) is 22.2. The predicted octanol–water partition coefficient (Wildman–Crippen LogP) is 7.02. The van der Waals surface area contributed by atoms with E-state index in [2.05, 4.69) is 54.6 Å². The molecule has 1 aromatic rings. The Labute approximate surface area is 188 Å². The molecule has 1 aromatic heterocycles. The Balaban J connectivity index is 2.48. The van der Waals surface area contributed by atoms with Gasteiger partial charge in [-0.15, -0.1) is 0 Å². The van der Waals surface area contributed by atoms with Gasteiger partial charge in [-0.25, -0.2) is 0 Å². The molecule has 0 amide bonds. The van der Waals surface area contributed by atoms with E-state index in [0.717, 1.165) is 12.0 Å². The van der Waals surface area contributed by atoms with Crippen LogP contribution in [0.3, 0.4) is 0 Å². The number of hydrogen-bond donors (Lipinski definition) is 0. The predicted molar refractivity (Wildman–Crippen MR) is 127 cm³/mol. The molecule has 1 heterocycles. The van der Waals surface area contributed by atoms with Crippen LogP contribution in [0.1, 0.15) is 79.9 Å². The zero-order valence-electron chi connectivity index (χ0n) is 20.4. The van der Waals surface area contributed by atoms with E-state index < -0.39 is 19.8 Å². The van der Waals surface area contributed by atoms with E-state index in [9.17, 15) is 9.59 Å². The van der Waals surface area contributed by atoms with E-state index in [0.29, 0.717) is 6.42 Å². The highest BCUT2D eigenvalue weighted by Crippen LogP contribution is 2.56. The molecule has 0 aromatic carbocycles. The normalized spacial score (nSPS) is 25.4. The van der Waals surface area contributed by atoms with Crippen molar-refractivity contribution >= 4 is 31.0 Å². The number of carbonyl (C=O) groups is 2. The summed E-state index contributed by atoms with van der Waals surface area (Å²) in [5.74, 6) is -0.0853. The fourth-order valence-electron chi connectivity index (χ4n) is 4.16. The molecule has 170 valence electrons. The second kappa shape index (κ2) is 8.59. The lowest BCUT2D eigenvalue weighted by Crippen LogP contribution is -2.48. The molecule has 0 bridgehead atoms. The summed E-state index contributed by atoms with van der Waals surface area (Å²) in [4.78, 5) is 26.5. The van der Waals surface area contributed by atoms with Crippen molar-refractivity contribution in [2.24, 2.45) is 17.3 Å². The van der Waals surface area contributed by atoms with Gasteiger partial charge in [-0.2, -0.15) is 0 Å². The summed E-state index contributed by atoms with van der Waals surface area (Å²) < 4.78 is 12.2. The van der Waals surface area contributed by atoms with Crippen LogP contribution >= 0.6 is 11.8 Å². The van der Waals surface area contributed by atoms with Crippen LogP contribution in [-0.2, 0) is 14.0 Å². The van der Waals surface area contributed by atoms with Gasteiger partial charge in [-0.05, 0) is 43.5 Å². The van der Waals surface area contributed by atoms with E-state index >= 15 is 0 Å². The van der Waals surface area contributed by atoms with Gasteiger partial charge in [0.2, 0.25) is 0 Å². The van der Waals surface area contributed by atoms with Crippen LogP contribution in [0.4, 0.5) is 0 Å². The molecule has 1 saturated carbocycles. The molecule has 1 fully saturated rings. The number of ketones is 1. The maximum Gasteiger partial charge on any atom is 0.192 e. The summed E-state index contributed by atoms with van der Waals surface area (Å²) in [6, 6.07) is 1.90. The summed E-state index contributed by atoms with van der Waals surface area (Å²) in [5.41, 5.74) is 0.137. The van der Waals surface area contributed by atoms with E-state index in [1.54, 1.807) is 12.5 Å².